The summed E-state index contributed by atoms with van der Waals surface area (Å²) < 4.78 is 2.11. The lowest BCUT2D eigenvalue weighted by Crippen LogP contribution is -2.28. The lowest BCUT2D eigenvalue weighted by molar-refractivity contribution is 0.440. The van der Waals surface area contributed by atoms with E-state index in [1.54, 1.807) is 0 Å². The number of nitrogens with one attached hydrogen (secondary N) is 2. The van der Waals surface area contributed by atoms with Crippen molar-refractivity contribution in [2.75, 3.05) is 6.54 Å². The molecule has 0 spiro atoms. The Morgan fingerprint density at radius 1 is 1.33 bits per heavy atom. The van der Waals surface area contributed by atoms with E-state index in [2.05, 4.69) is 44.1 Å². The van der Waals surface area contributed by atoms with Gasteiger partial charge in [0, 0.05) is 48.1 Å². The first-order valence-electron chi connectivity index (χ1n) is 7.70. The van der Waals surface area contributed by atoms with E-state index in [9.17, 15) is 0 Å². The molecule has 0 aliphatic heterocycles. The average molecular weight is 280 g/mol. The second-order valence-corrected chi connectivity index (χ2v) is 5.76. The van der Waals surface area contributed by atoms with Gasteiger partial charge in [0.1, 0.15) is 0 Å². The molecule has 2 aromatic heterocycles. The topological polar surface area (TPSA) is 45.6 Å². The van der Waals surface area contributed by atoms with Crippen molar-refractivity contribution in [2.24, 2.45) is 0 Å². The Balaban J connectivity index is 1.53. The van der Waals surface area contributed by atoms with E-state index >= 15 is 0 Å². The van der Waals surface area contributed by atoms with Crippen molar-refractivity contribution in [1.82, 2.24) is 19.9 Å². The molecular formula is C17H20N4. The molecule has 1 aromatic carbocycles. The van der Waals surface area contributed by atoms with Gasteiger partial charge in [-0.05, 0) is 30.9 Å². The minimum absolute atomic E-state index is 0.449. The standard InChI is InChI=1S/C17H20N4/c1-2-6-15-13(4-1)14-5-3-7-16(17(14)20-15)19-9-11-21-10-8-18-12-21/h1-2,4,6,8,10,12,16,19-20H,3,5,7,9,11H2. The van der Waals surface area contributed by atoms with Crippen LogP contribution in [0.5, 0.6) is 0 Å². The van der Waals surface area contributed by atoms with E-state index in [1.165, 1.54) is 41.4 Å². The van der Waals surface area contributed by atoms with Gasteiger partial charge in [-0.2, -0.15) is 0 Å². The highest BCUT2D eigenvalue weighted by Gasteiger charge is 2.23. The van der Waals surface area contributed by atoms with Gasteiger partial charge in [-0.3, -0.25) is 0 Å². The van der Waals surface area contributed by atoms with Crippen LogP contribution in [0.15, 0.2) is 43.0 Å². The number of aryl methyl sites for hydroxylation is 1. The van der Waals surface area contributed by atoms with Crippen LogP contribution in [-0.4, -0.2) is 21.1 Å². The van der Waals surface area contributed by atoms with E-state index < -0.39 is 0 Å². The first-order valence-corrected chi connectivity index (χ1v) is 7.70. The van der Waals surface area contributed by atoms with Crippen LogP contribution in [0.2, 0.25) is 0 Å². The van der Waals surface area contributed by atoms with Gasteiger partial charge < -0.3 is 14.9 Å². The van der Waals surface area contributed by atoms with Gasteiger partial charge in [0.05, 0.1) is 6.33 Å². The average Bonchev–Trinajstić information content (AvgIpc) is 3.15. The largest absolute Gasteiger partial charge is 0.357 e. The van der Waals surface area contributed by atoms with Crippen molar-refractivity contribution in [1.29, 1.82) is 0 Å². The van der Waals surface area contributed by atoms with Crippen LogP contribution in [0.4, 0.5) is 0 Å². The minimum Gasteiger partial charge on any atom is -0.357 e. The number of para-hydroxylation sites is 1. The molecule has 3 aromatic rings. The van der Waals surface area contributed by atoms with Gasteiger partial charge in [-0.25, -0.2) is 4.98 Å². The second kappa shape index (κ2) is 5.37. The van der Waals surface area contributed by atoms with Crippen LogP contribution >= 0.6 is 0 Å². The van der Waals surface area contributed by atoms with Crippen LogP contribution in [0.25, 0.3) is 10.9 Å². The third-order valence-corrected chi connectivity index (χ3v) is 4.43. The monoisotopic (exact) mass is 280 g/mol. The number of rotatable bonds is 4. The van der Waals surface area contributed by atoms with Crippen molar-refractivity contribution >= 4 is 10.9 Å². The Kier molecular flexibility index (Phi) is 3.24. The lowest BCUT2D eigenvalue weighted by atomic mass is 9.92. The summed E-state index contributed by atoms with van der Waals surface area (Å²) in [6.45, 7) is 1.93. The summed E-state index contributed by atoms with van der Waals surface area (Å²) in [7, 11) is 0. The van der Waals surface area contributed by atoms with E-state index in [0.29, 0.717) is 6.04 Å². The highest BCUT2D eigenvalue weighted by atomic mass is 15.1. The summed E-state index contributed by atoms with van der Waals surface area (Å²) >= 11 is 0. The molecule has 1 unspecified atom stereocenters. The number of hydrogen-bond donors (Lipinski definition) is 2. The summed E-state index contributed by atoms with van der Waals surface area (Å²) in [4.78, 5) is 7.71. The van der Waals surface area contributed by atoms with Crippen LogP contribution in [-0.2, 0) is 13.0 Å². The zero-order valence-corrected chi connectivity index (χ0v) is 12.0. The molecule has 0 amide bonds. The number of imidazole rings is 1. The van der Waals surface area contributed by atoms with Crippen molar-refractivity contribution in [3.8, 4) is 0 Å². The number of nitrogens with zero attached hydrogens (tertiary/aromatic N) is 2. The van der Waals surface area contributed by atoms with Crippen molar-refractivity contribution < 1.29 is 0 Å². The highest BCUT2D eigenvalue weighted by molar-refractivity contribution is 5.85. The SMILES string of the molecule is c1ccc2c3c([nH]c2c1)C(NCCn1ccnc1)CCC3. The van der Waals surface area contributed by atoms with Crippen LogP contribution < -0.4 is 5.32 Å². The number of aromatic nitrogens is 3. The third-order valence-electron chi connectivity index (χ3n) is 4.43. The molecule has 4 heteroatoms. The lowest BCUT2D eigenvalue weighted by Gasteiger charge is -2.24. The van der Waals surface area contributed by atoms with Gasteiger partial charge >= 0.3 is 0 Å². The van der Waals surface area contributed by atoms with E-state index in [-0.39, 0.29) is 0 Å². The molecule has 1 atom stereocenters. The molecule has 21 heavy (non-hydrogen) atoms. The maximum Gasteiger partial charge on any atom is 0.0946 e. The first kappa shape index (κ1) is 12.7. The van der Waals surface area contributed by atoms with Crippen molar-refractivity contribution in [3.05, 3.63) is 54.2 Å². The zero-order chi connectivity index (χ0) is 14.1. The van der Waals surface area contributed by atoms with Gasteiger partial charge in [-0.1, -0.05) is 18.2 Å². The number of hydrogen-bond acceptors (Lipinski definition) is 2. The number of benzene rings is 1. The van der Waals surface area contributed by atoms with E-state index in [0.717, 1.165) is 13.1 Å². The van der Waals surface area contributed by atoms with Gasteiger partial charge in [0.15, 0.2) is 0 Å². The summed E-state index contributed by atoms with van der Waals surface area (Å²) in [6.07, 6.45) is 9.38. The van der Waals surface area contributed by atoms with Gasteiger partial charge in [-0.15, -0.1) is 0 Å². The molecule has 2 heterocycles. The molecule has 0 radical (unpaired) electrons. The summed E-state index contributed by atoms with van der Waals surface area (Å²) in [6, 6.07) is 9.09. The predicted molar refractivity (Wildman–Crippen MR) is 84.2 cm³/mol. The number of aromatic amines is 1. The molecule has 108 valence electrons. The Morgan fingerprint density at radius 3 is 3.19 bits per heavy atom. The van der Waals surface area contributed by atoms with Crippen LogP contribution in [0.3, 0.4) is 0 Å². The first-order chi connectivity index (χ1) is 10.4. The Labute approximate surface area is 124 Å². The molecule has 0 bridgehead atoms. The molecule has 1 aliphatic rings. The quantitative estimate of drug-likeness (QED) is 0.771. The fourth-order valence-corrected chi connectivity index (χ4v) is 3.41. The normalized spacial score (nSPS) is 18.0. The Bertz CT molecular complexity index is 726. The molecule has 0 saturated heterocycles. The fourth-order valence-electron chi connectivity index (χ4n) is 3.41. The highest BCUT2D eigenvalue weighted by Crippen LogP contribution is 2.34. The molecule has 1 aliphatic carbocycles. The van der Waals surface area contributed by atoms with Crippen molar-refractivity contribution in [2.45, 2.75) is 31.8 Å². The van der Waals surface area contributed by atoms with Crippen molar-refractivity contribution in [3.63, 3.8) is 0 Å². The smallest absolute Gasteiger partial charge is 0.0946 e. The summed E-state index contributed by atoms with van der Waals surface area (Å²) in [5, 5.41) is 5.09. The number of fused-ring (bicyclic) bond motifs is 3. The summed E-state index contributed by atoms with van der Waals surface area (Å²) in [5.74, 6) is 0. The van der Waals surface area contributed by atoms with Crippen LogP contribution in [0.1, 0.15) is 30.1 Å². The zero-order valence-electron chi connectivity index (χ0n) is 12.0. The summed E-state index contributed by atoms with van der Waals surface area (Å²) in [5.41, 5.74) is 4.18. The van der Waals surface area contributed by atoms with Crippen LogP contribution in [0, 0.1) is 0 Å². The van der Waals surface area contributed by atoms with Gasteiger partial charge in [0.25, 0.3) is 0 Å². The molecule has 0 fully saturated rings. The third kappa shape index (κ3) is 2.36. The molecule has 4 nitrogen and oxygen atoms in total. The maximum atomic E-state index is 4.08. The second-order valence-electron chi connectivity index (χ2n) is 5.76. The molecule has 0 saturated carbocycles. The molecule has 2 N–H and O–H groups in total. The molecule has 4 rings (SSSR count). The van der Waals surface area contributed by atoms with E-state index in [1.807, 2.05) is 18.7 Å². The van der Waals surface area contributed by atoms with Gasteiger partial charge in [0.2, 0.25) is 0 Å². The molecular weight excluding hydrogens is 260 g/mol. The predicted octanol–water partition coefficient (Wildman–Crippen LogP) is 3.03. The number of H-pyrrole nitrogens is 1. The Hall–Kier alpha value is -2.07. The van der Waals surface area contributed by atoms with E-state index in [4.69, 9.17) is 0 Å². The maximum absolute atomic E-state index is 4.08. The fraction of sp³-hybridized carbons (Fsp3) is 0.353. The Morgan fingerprint density at radius 2 is 2.29 bits per heavy atom. The minimum atomic E-state index is 0.449.